The molecule has 0 aliphatic heterocycles. The molecule has 5 heteroatoms. The zero-order chi connectivity index (χ0) is 12.6. The van der Waals surface area contributed by atoms with Crippen LogP contribution in [0, 0.1) is 5.92 Å². The van der Waals surface area contributed by atoms with Crippen molar-refractivity contribution in [3.05, 3.63) is 0 Å². The van der Waals surface area contributed by atoms with Crippen molar-refractivity contribution in [3.8, 4) is 0 Å². The van der Waals surface area contributed by atoms with Crippen LogP contribution < -0.4 is 5.32 Å². The molecule has 0 amide bonds. The van der Waals surface area contributed by atoms with Crippen LogP contribution in [0.4, 0.5) is 13.2 Å². The molecular formula is C11H23F3N2. The number of likely N-dealkylation sites (N-methyl/N-ethyl adjacent to an activating group) is 1. The highest BCUT2D eigenvalue weighted by molar-refractivity contribution is 4.62. The van der Waals surface area contributed by atoms with Gasteiger partial charge in [-0.05, 0) is 19.5 Å². The lowest BCUT2D eigenvalue weighted by molar-refractivity contribution is -0.142. The minimum absolute atomic E-state index is 0.430. The van der Waals surface area contributed by atoms with Crippen molar-refractivity contribution >= 4 is 0 Å². The van der Waals surface area contributed by atoms with Crippen molar-refractivity contribution in [3.63, 3.8) is 0 Å². The van der Waals surface area contributed by atoms with Gasteiger partial charge >= 0.3 is 6.18 Å². The molecule has 0 bridgehead atoms. The van der Waals surface area contributed by atoms with E-state index in [1.54, 1.807) is 0 Å². The van der Waals surface area contributed by atoms with Gasteiger partial charge in [0.05, 0.1) is 6.54 Å². The molecule has 0 aromatic rings. The SMILES string of the molecule is CCC(CC)CNCCN(C)CC(F)(F)F. The summed E-state index contributed by atoms with van der Waals surface area (Å²) < 4.78 is 36.0. The summed E-state index contributed by atoms with van der Waals surface area (Å²) in [7, 11) is 1.49. The maximum atomic E-state index is 12.0. The Morgan fingerprint density at radius 2 is 1.75 bits per heavy atom. The quantitative estimate of drug-likeness (QED) is 0.656. The van der Waals surface area contributed by atoms with Crippen LogP contribution in [-0.4, -0.2) is 44.3 Å². The van der Waals surface area contributed by atoms with Crippen LogP contribution in [0.3, 0.4) is 0 Å². The molecule has 0 spiro atoms. The summed E-state index contributed by atoms with van der Waals surface area (Å²) in [5.41, 5.74) is 0. The van der Waals surface area contributed by atoms with Gasteiger partial charge in [-0.1, -0.05) is 26.7 Å². The zero-order valence-corrected chi connectivity index (χ0v) is 10.4. The summed E-state index contributed by atoms with van der Waals surface area (Å²) >= 11 is 0. The third-order valence-electron chi connectivity index (χ3n) is 2.71. The predicted molar refractivity (Wildman–Crippen MR) is 60.5 cm³/mol. The summed E-state index contributed by atoms with van der Waals surface area (Å²) in [5.74, 6) is 0.632. The topological polar surface area (TPSA) is 15.3 Å². The van der Waals surface area contributed by atoms with Crippen molar-refractivity contribution in [2.24, 2.45) is 5.92 Å². The Morgan fingerprint density at radius 1 is 1.19 bits per heavy atom. The molecule has 0 radical (unpaired) electrons. The number of hydrogen-bond donors (Lipinski definition) is 1. The fourth-order valence-electron chi connectivity index (χ4n) is 1.54. The Morgan fingerprint density at radius 3 is 2.19 bits per heavy atom. The molecule has 16 heavy (non-hydrogen) atoms. The summed E-state index contributed by atoms with van der Waals surface area (Å²) in [5, 5.41) is 3.19. The molecule has 0 saturated heterocycles. The molecule has 1 N–H and O–H groups in total. The summed E-state index contributed by atoms with van der Waals surface area (Å²) in [6.45, 7) is 5.37. The summed E-state index contributed by atoms with van der Waals surface area (Å²) in [6, 6.07) is 0. The number of halogens is 3. The van der Waals surface area contributed by atoms with Crippen LogP contribution in [0.15, 0.2) is 0 Å². The van der Waals surface area contributed by atoms with E-state index in [0.717, 1.165) is 19.4 Å². The average Bonchev–Trinajstić information content (AvgIpc) is 2.15. The fourth-order valence-corrected chi connectivity index (χ4v) is 1.54. The van der Waals surface area contributed by atoms with E-state index >= 15 is 0 Å². The lowest BCUT2D eigenvalue weighted by atomic mass is 10.0. The second-order valence-corrected chi connectivity index (χ2v) is 4.24. The minimum atomic E-state index is -4.09. The molecule has 2 nitrogen and oxygen atoms in total. The first-order valence-electron chi connectivity index (χ1n) is 5.85. The lowest BCUT2D eigenvalue weighted by Crippen LogP contribution is -2.37. The number of hydrogen-bond acceptors (Lipinski definition) is 2. The smallest absolute Gasteiger partial charge is 0.315 e. The normalized spacial score (nSPS) is 12.8. The van der Waals surface area contributed by atoms with Crippen LogP contribution in [0.25, 0.3) is 0 Å². The Labute approximate surface area is 96.2 Å². The van der Waals surface area contributed by atoms with Gasteiger partial charge in [0.2, 0.25) is 0 Å². The van der Waals surface area contributed by atoms with Gasteiger partial charge in [-0.3, -0.25) is 4.90 Å². The second kappa shape index (κ2) is 7.90. The molecule has 0 saturated carbocycles. The third kappa shape index (κ3) is 8.97. The third-order valence-corrected chi connectivity index (χ3v) is 2.71. The first-order valence-corrected chi connectivity index (χ1v) is 5.85. The first kappa shape index (κ1) is 15.7. The highest BCUT2D eigenvalue weighted by Gasteiger charge is 2.28. The van der Waals surface area contributed by atoms with Crippen molar-refractivity contribution in [1.82, 2.24) is 10.2 Å². The van der Waals surface area contributed by atoms with Gasteiger partial charge in [0, 0.05) is 13.1 Å². The lowest BCUT2D eigenvalue weighted by Gasteiger charge is -2.19. The van der Waals surface area contributed by atoms with Gasteiger partial charge in [0.1, 0.15) is 0 Å². The fraction of sp³-hybridized carbons (Fsp3) is 1.00. The average molecular weight is 240 g/mol. The van der Waals surface area contributed by atoms with Gasteiger partial charge in [-0.15, -0.1) is 0 Å². The standard InChI is InChI=1S/C11H23F3N2/c1-4-10(5-2)8-15-6-7-16(3)9-11(12,13)14/h10,15H,4-9H2,1-3H3. The maximum absolute atomic E-state index is 12.0. The van der Waals surface area contributed by atoms with E-state index in [-0.39, 0.29) is 0 Å². The van der Waals surface area contributed by atoms with Gasteiger partial charge in [-0.2, -0.15) is 13.2 Å². The highest BCUT2D eigenvalue weighted by atomic mass is 19.4. The van der Waals surface area contributed by atoms with Crippen molar-refractivity contribution in [2.45, 2.75) is 32.9 Å². The van der Waals surface area contributed by atoms with E-state index in [1.165, 1.54) is 11.9 Å². The van der Waals surface area contributed by atoms with E-state index in [2.05, 4.69) is 19.2 Å². The Bertz CT molecular complexity index is 167. The van der Waals surface area contributed by atoms with Crippen molar-refractivity contribution in [2.75, 3.05) is 33.2 Å². The van der Waals surface area contributed by atoms with Crippen LogP contribution in [0.5, 0.6) is 0 Å². The number of alkyl halides is 3. The molecule has 0 unspecified atom stereocenters. The van der Waals surface area contributed by atoms with E-state index in [1.807, 2.05) is 0 Å². The predicted octanol–water partition coefficient (Wildman–Crippen LogP) is 2.51. The number of nitrogens with zero attached hydrogens (tertiary/aromatic N) is 1. The highest BCUT2D eigenvalue weighted by Crippen LogP contribution is 2.15. The molecule has 0 fully saturated rings. The minimum Gasteiger partial charge on any atom is -0.315 e. The van der Waals surface area contributed by atoms with E-state index in [0.29, 0.717) is 19.0 Å². The monoisotopic (exact) mass is 240 g/mol. The zero-order valence-electron chi connectivity index (χ0n) is 10.4. The van der Waals surface area contributed by atoms with Crippen LogP contribution in [0.2, 0.25) is 0 Å². The molecule has 98 valence electrons. The van der Waals surface area contributed by atoms with E-state index < -0.39 is 12.7 Å². The Hall–Kier alpha value is -0.290. The molecular weight excluding hydrogens is 217 g/mol. The first-order chi connectivity index (χ1) is 7.39. The molecule has 0 heterocycles. The summed E-state index contributed by atoms with van der Waals surface area (Å²) in [6.07, 6.45) is -1.87. The Kier molecular flexibility index (Phi) is 7.76. The van der Waals surface area contributed by atoms with Crippen LogP contribution in [0.1, 0.15) is 26.7 Å². The van der Waals surface area contributed by atoms with E-state index in [9.17, 15) is 13.2 Å². The largest absolute Gasteiger partial charge is 0.401 e. The molecule has 0 aromatic heterocycles. The van der Waals surface area contributed by atoms with Gasteiger partial charge < -0.3 is 5.32 Å². The van der Waals surface area contributed by atoms with Gasteiger partial charge in [0.15, 0.2) is 0 Å². The summed E-state index contributed by atoms with van der Waals surface area (Å²) in [4.78, 5) is 1.29. The molecule has 0 aliphatic carbocycles. The molecule has 0 atom stereocenters. The molecule has 0 aliphatic rings. The maximum Gasteiger partial charge on any atom is 0.401 e. The van der Waals surface area contributed by atoms with Crippen LogP contribution >= 0.6 is 0 Å². The van der Waals surface area contributed by atoms with E-state index in [4.69, 9.17) is 0 Å². The number of rotatable bonds is 8. The van der Waals surface area contributed by atoms with Crippen molar-refractivity contribution < 1.29 is 13.2 Å². The van der Waals surface area contributed by atoms with Crippen molar-refractivity contribution in [1.29, 1.82) is 0 Å². The van der Waals surface area contributed by atoms with Gasteiger partial charge in [0.25, 0.3) is 0 Å². The Balaban J connectivity index is 3.51. The number of nitrogens with one attached hydrogen (secondary N) is 1. The van der Waals surface area contributed by atoms with Crippen LogP contribution in [-0.2, 0) is 0 Å². The second-order valence-electron chi connectivity index (χ2n) is 4.24. The molecule has 0 rings (SSSR count). The molecule has 0 aromatic carbocycles. The van der Waals surface area contributed by atoms with Gasteiger partial charge in [-0.25, -0.2) is 0 Å².